The highest BCUT2D eigenvalue weighted by atomic mass is 32.2. The van der Waals surface area contributed by atoms with Crippen molar-refractivity contribution in [3.05, 3.63) is 29.1 Å². The maximum absolute atomic E-state index is 13.9. The second kappa shape index (κ2) is 5.19. The lowest BCUT2D eigenvalue weighted by atomic mass is 9.78. The molecule has 1 fully saturated rings. The van der Waals surface area contributed by atoms with Crippen LogP contribution in [0.25, 0.3) is 0 Å². The normalized spacial score (nSPS) is 21.2. The van der Waals surface area contributed by atoms with Crippen molar-refractivity contribution < 1.29 is 23.7 Å². The minimum absolute atomic E-state index is 0.108. The molecule has 2 aliphatic rings. The summed E-state index contributed by atoms with van der Waals surface area (Å²) in [5.74, 6) is -0.675. The zero-order valence-corrected chi connectivity index (χ0v) is 11.2. The van der Waals surface area contributed by atoms with Gasteiger partial charge in [0.2, 0.25) is 5.12 Å². The Hall–Kier alpha value is -1.38. The van der Waals surface area contributed by atoms with Crippen LogP contribution in [0.15, 0.2) is 12.1 Å². The number of fused-ring (bicyclic) bond motifs is 1. The van der Waals surface area contributed by atoms with Crippen LogP contribution < -0.4 is 10.8 Å². The van der Waals surface area contributed by atoms with Crippen molar-refractivity contribution in [3.8, 4) is 0 Å². The molecular weight excluding hydrogens is 284 g/mol. The van der Waals surface area contributed by atoms with E-state index in [0.717, 1.165) is 11.8 Å². The SMILES string of the molecule is O=C(NC1CCSC1=O)c1cc2c(cc1F)COB2O. The first-order valence-corrected chi connectivity index (χ1v) is 7.14. The van der Waals surface area contributed by atoms with E-state index in [1.807, 2.05) is 0 Å². The van der Waals surface area contributed by atoms with Crippen LogP contribution in [0.4, 0.5) is 4.39 Å². The van der Waals surface area contributed by atoms with Crippen LogP contribution in [0, 0.1) is 5.82 Å². The zero-order chi connectivity index (χ0) is 14.3. The molecule has 1 atom stereocenters. The van der Waals surface area contributed by atoms with Crippen LogP contribution >= 0.6 is 11.8 Å². The fourth-order valence-electron chi connectivity index (χ4n) is 2.28. The molecule has 2 heterocycles. The fourth-order valence-corrected chi connectivity index (χ4v) is 3.21. The molecule has 0 radical (unpaired) electrons. The third-order valence-electron chi connectivity index (χ3n) is 3.38. The van der Waals surface area contributed by atoms with Crippen molar-refractivity contribution in [2.24, 2.45) is 0 Å². The van der Waals surface area contributed by atoms with Gasteiger partial charge in [0.1, 0.15) is 5.82 Å². The average Bonchev–Trinajstić information content (AvgIpc) is 2.96. The van der Waals surface area contributed by atoms with E-state index in [1.54, 1.807) is 0 Å². The molecule has 0 aliphatic carbocycles. The van der Waals surface area contributed by atoms with Gasteiger partial charge in [-0.15, -0.1) is 0 Å². The number of halogens is 1. The summed E-state index contributed by atoms with van der Waals surface area (Å²) in [5.41, 5.74) is 0.737. The van der Waals surface area contributed by atoms with E-state index >= 15 is 0 Å². The summed E-state index contributed by atoms with van der Waals surface area (Å²) in [7, 11) is -1.14. The first kappa shape index (κ1) is 13.6. The molecule has 5 nitrogen and oxygen atoms in total. The topological polar surface area (TPSA) is 75.6 Å². The molecule has 0 aromatic heterocycles. The molecule has 1 saturated heterocycles. The van der Waals surface area contributed by atoms with E-state index in [9.17, 15) is 19.0 Å². The number of rotatable bonds is 2. The summed E-state index contributed by atoms with van der Waals surface area (Å²) >= 11 is 1.16. The van der Waals surface area contributed by atoms with Gasteiger partial charge in [-0.25, -0.2) is 4.39 Å². The molecule has 3 rings (SSSR count). The van der Waals surface area contributed by atoms with E-state index in [-0.39, 0.29) is 17.3 Å². The first-order chi connectivity index (χ1) is 9.56. The summed E-state index contributed by atoms with van der Waals surface area (Å²) in [6.45, 7) is 0.118. The van der Waals surface area contributed by atoms with Crippen molar-refractivity contribution >= 4 is 35.4 Å². The van der Waals surface area contributed by atoms with Gasteiger partial charge >= 0.3 is 7.12 Å². The summed E-state index contributed by atoms with van der Waals surface area (Å²) in [5, 5.41) is 12.0. The van der Waals surface area contributed by atoms with Gasteiger partial charge in [-0.1, -0.05) is 11.8 Å². The molecule has 1 unspecified atom stereocenters. The first-order valence-electron chi connectivity index (χ1n) is 6.16. The Labute approximate surface area is 119 Å². The number of hydrogen-bond acceptors (Lipinski definition) is 5. The number of carbonyl (C=O) groups excluding carboxylic acids is 2. The van der Waals surface area contributed by atoms with Gasteiger partial charge in [0.15, 0.2) is 0 Å². The predicted molar refractivity (Wildman–Crippen MR) is 72.1 cm³/mol. The van der Waals surface area contributed by atoms with Gasteiger partial charge in [0.05, 0.1) is 18.2 Å². The third kappa shape index (κ3) is 2.34. The molecule has 2 aliphatic heterocycles. The van der Waals surface area contributed by atoms with Crippen LogP contribution in [-0.2, 0) is 16.1 Å². The maximum Gasteiger partial charge on any atom is 0.491 e. The summed E-state index contributed by atoms with van der Waals surface area (Å²) in [4.78, 5) is 23.5. The van der Waals surface area contributed by atoms with Crippen LogP contribution in [0.2, 0.25) is 0 Å². The Morgan fingerprint density at radius 2 is 2.35 bits per heavy atom. The third-order valence-corrected chi connectivity index (χ3v) is 4.39. The van der Waals surface area contributed by atoms with Gasteiger partial charge in [-0.3, -0.25) is 9.59 Å². The van der Waals surface area contributed by atoms with E-state index in [4.69, 9.17) is 4.65 Å². The van der Waals surface area contributed by atoms with Gasteiger partial charge in [0, 0.05) is 5.75 Å². The Kier molecular flexibility index (Phi) is 3.53. The molecule has 20 heavy (non-hydrogen) atoms. The molecule has 0 saturated carbocycles. The minimum atomic E-state index is -1.14. The smallest absolute Gasteiger partial charge is 0.423 e. The molecule has 8 heteroatoms. The van der Waals surface area contributed by atoms with Crippen LogP contribution in [-0.4, -0.2) is 35.0 Å². The minimum Gasteiger partial charge on any atom is -0.423 e. The molecule has 1 aromatic carbocycles. The standard InChI is InChI=1S/C12H11BFNO4S/c14-9-3-6-5-19-13(18)8(6)4-7(9)11(16)15-10-1-2-20-12(10)17/h3-4,10,18H,1-2,5H2,(H,15,16). The highest BCUT2D eigenvalue weighted by molar-refractivity contribution is 8.14. The van der Waals surface area contributed by atoms with Crippen LogP contribution in [0.1, 0.15) is 22.3 Å². The highest BCUT2D eigenvalue weighted by Gasteiger charge is 2.32. The maximum atomic E-state index is 13.9. The monoisotopic (exact) mass is 295 g/mol. The quantitative estimate of drug-likeness (QED) is 0.739. The van der Waals surface area contributed by atoms with Gasteiger partial charge < -0.3 is 15.0 Å². The molecule has 1 amide bonds. The lowest BCUT2D eigenvalue weighted by molar-refractivity contribution is -0.112. The van der Waals surface area contributed by atoms with Crippen molar-refractivity contribution in [2.75, 3.05) is 5.75 Å². The molecular formula is C12H11BFNO4S. The van der Waals surface area contributed by atoms with Crippen molar-refractivity contribution in [1.82, 2.24) is 5.32 Å². The number of amides is 1. The lowest BCUT2D eigenvalue weighted by Gasteiger charge is -2.11. The molecule has 2 N–H and O–H groups in total. The number of benzene rings is 1. The van der Waals surface area contributed by atoms with Gasteiger partial charge in [-0.2, -0.15) is 0 Å². The van der Waals surface area contributed by atoms with Crippen LogP contribution in [0.3, 0.4) is 0 Å². The second-order valence-corrected chi connectivity index (χ2v) is 5.78. The predicted octanol–water partition coefficient (Wildman–Crippen LogP) is -0.195. The van der Waals surface area contributed by atoms with Crippen molar-refractivity contribution in [2.45, 2.75) is 19.1 Å². The van der Waals surface area contributed by atoms with E-state index < -0.39 is 24.9 Å². The average molecular weight is 295 g/mol. The highest BCUT2D eigenvalue weighted by Crippen LogP contribution is 2.21. The second-order valence-electron chi connectivity index (χ2n) is 4.68. The van der Waals surface area contributed by atoms with Crippen LogP contribution in [0.5, 0.6) is 0 Å². The summed E-state index contributed by atoms with van der Waals surface area (Å²) in [6, 6.07) is 1.90. The molecule has 0 bridgehead atoms. The van der Waals surface area contributed by atoms with Crippen molar-refractivity contribution in [1.29, 1.82) is 0 Å². The summed E-state index contributed by atoms with van der Waals surface area (Å²) in [6.07, 6.45) is 0.549. The number of hydrogen-bond donors (Lipinski definition) is 2. The summed E-state index contributed by atoms with van der Waals surface area (Å²) < 4.78 is 18.9. The van der Waals surface area contributed by atoms with E-state index in [0.29, 0.717) is 23.2 Å². The lowest BCUT2D eigenvalue weighted by Crippen LogP contribution is -2.38. The fraction of sp³-hybridized carbons (Fsp3) is 0.333. The number of thioether (sulfide) groups is 1. The van der Waals surface area contributed by atoms with E-state index in [1.165, 1.54) is 12.1 Å². The Morgan fingerprint density at radius 1 is 1.55 bits per heavy atom. The number of carbonyl (C=O) groups is 2. The van der Waals surface area contributed by atoms with Gasteiger partial charge in [-0.05, 0) is 29.6 Å². The van der Waals surface area contributed by atoms with Gasteiger partial charge in [0.25, 0.3) is 5.91 Å². The Bertz CT molecular complexity index is 597. The Morgan fingerprint density at radius 3 is 3.05 bits per heavy atom. The van der Waals surface area contributed by atoms with Crippen molar-refractivity contribution in [3.63, 3.8) is 0 Å². The molecule has 0 spiro atoms. The molecule has 104 valence electrons. The number of nitrogens with one attached hydrogen (secondary N) is 1. The Balaban J connectivity index is 1.84. The molecule has 1 aromatic rings. The zero-order valence-electron chi connectivity index (χ0n) is 10.4. The van der Waals surface area contributed by atoms with E-state index in [2.05, 4.69) is 5.32 Å². The largest absolute Gasteiger partial charge is 0.491 e.